The molecule has 1 fully saturated rings. The molecule has 5 rings (SSSR count). The molecule has 0 unspecified atom stereocenters. The minimum atomic E-state index is 0.124. The highest BCUT2D eigenvalue weighted by Crippen LogP contribution is 2.30. The fraction of sp³-hybridized carbons (Fsp3) is 0.310. The Balaban J connectivity index is 1.61. The monoisotopic (exact) mass is 478 g/mol. The summed E-state index contributed by atoms with van der Waals surface area (Å²) in [6.45, 7) is 9.74. The van der Waals surface area contributed by atoms with E-state index >= 15 is 0 Å². The Hall–Kier alpha value is -4.02. The molecule has 7 nitrogen and oxygen atoms in total. The molecule has 4 heterocycles. The lowest BCUT2D eigenvalue weighted by molar-refractivity contribution is -0.128. The average Bonchev–Trinajstić information content (AvgIpc) is 3.06. The van der Waals surface area contributed by atoms with Gasteiger partial charge < -0.3 is 9.30 Å². The number of carbonyl (C=O) groups excluding carboxylic acids is 1. The zero-order chi connectivity index (χ0) is 25.2. The topological polar surface area (TPSA) is 77.5 Å². The van der Waals surface area contributed by atoms with Gasteiger partial charge in [0.1, 0.15) is 17.4 Å². The van der Waals surface area contributed by atoms with Gasteiger partial charge in [0.05, 0.1) is 11.4 Å². The lowest BCUT2D eigenvalue weighted by Crippen LogP contribution is -2.33. The summed E-state index contributed by atoms with van der Waals surface area (Å²) in [7, 11) is 0. The summed E-state index contributed by atoms with van der Waals surface area (Å²) < 4.78 is 2.15. The Bertz CT molecular complexity index is 1480. The Labute approximate surface area is 211 Å². The van der Waals surface area contributed by atoms with Crippen LogP contribution in [0.2, 0.25) is 0 Å². The van der Waals surface area contributed by atoms with E-state index < -0.39 is 0 Å². The highest BCUT2D eigenvalue weighted by molar-refractivity contribution is 5.74. The van der Waals surface area contributed by atoms with E-state index in [1.54, 1.807) is 13.1 Å². The van der Waals surface area contributed by atoms with E-state index in [2.05, 4.69) is 64.7 Å². The Morgan fingerprint density at radius 3 is 2.64 bits per heavy atom. The largest absolute Gasteiger partial charge is 0.342 e. The molecule has 0 radical (unpaired) electrons. The van der Waals surface area contributed by atoms with E-state index in [4.69, 9.17) is 4.98 Å². The second-order valence-electron chi connectivity index (χ2n) is 9.50. The number of aryl methyl sites for hydroxylation is 2. The maximum atomic E-state index is 11.9. The van der Waals surface area contributed by atoms with Gasteiger partial charge in [-0.25, -0.2) is 9.97 Å². The van der Waals surface area contributed by atoms with Gasteiger partial charge in [-0.15, -0.1) is 0 Å². The molecule has 0 bridgehead atoms. The van der Waals surface area contributed by atoms with Crippen LogP contribution in [0, 0.1) is 25.2 Å². The number of hydrogen-bond donors (Lipinski definition) is 0. The van der Waals surface area contributed by atoms with Crippen molar-refractivity contribution in [3.05, 3.63) is 77.4 Å². The van der Waals surface area contributed by atoms with Crippen LogP contribution in [0.15, 0.2) is 54.9 Å². The Kier molecular flexibility index (Phi) is 6.53. The number of benzene rings is 1. The van der Waals surface area contributed by atoms with Crippen LogP contribution in [0.1, 0.15) is 35.9 Å². The van der Waals surface area contributed by atoms with Gasteiger partial charge in [0.15, 0.2) is 0 Å². The summed E-state index contributed by atoms with van der Waals surface area (Å²) in [6.07, 6.45) is 4.71. The summed E-state index contributed by atoms with van der Waals surface area (Å²) in [5.41, 5.74) is 8.55. The SMILES string of the molecule is CC(=O)N1CCCN(Cc2c(-c3cccnc3C#N)nc3ccc(-c4ccc(C)c(C)c4)cn23)CC1. The van der Waals surface area contributed by atoms with Crippen molar-refractivity contribution < 1.29 is 4.79 Å². The van der Waals surface area contributed by atoms with E-state index in [-0.39, 0.29) is 5.91 Å². The number of amides is 1. The summed E-state index contributed by atoms with van der Waals surface area (Å²) in [6, 6.07) is 16.7. The minimum Gasteiger partial charge on any atom is -0.342 e. The van der Waals surface area contributed by atoms with Crippen LogP contribution >= 0.6 is 0 Å². The molecule has 1 amide bonds. The van der Waals surface area contributed by atoms with Crippen LogP contribution in [0.3, 0.4) is 0 Å². The van der Waals surface area contributed by atoms with E-state index in [0.717, 1.165) is 59.8 Å². The van der Waals surface area contributed by atoms with Crippen molar-refractivity contribution in [3.63, 3.8) is 0 Å². The van der Waals surface area contributed by atoms with E-state index in [9.17, 15) is 10.1 Å². The predicted octanol–water partition coefficient (Wildman–Crippen LogP) is 4.61. The van der Waals surface area contributed by atoms with Gasteiger partial charge in [-0.05, 0) is 66.8 Å². The Morgan fingerprint density at radius 1 is 1.03 bits per heavy atom. The third-order valence-electron chi connectivity index (χ3n) is 7.13. The van der Waals surface area contributed by atoms with Gasteiger partial charge in [0.25, 0.3) is 0 Å². The maximum Gasteiger partial charge on any atom is 0.219 e. The molecule has 0 saturated carbocycles. The average molecular weight is 479 g/mol. The second-order valence-corrected chi connectivity index (χ2v) is 9.50. The van der Waals surface area contributed by atoms with Crippen LogP contribution in [-0.4, -0.2) is 56.3 Å². The van der Waals surface area contributed by atoms with Crippen molar-refractivity contribution in [2.75, 3.05) is 26.2 Å². The van der Waals surface area contributed by atoms with Crippen molar-refractivity contribution in [1.82, 2.24) is 24.2 Å². The fourth-order valence-corrected chi connectivity index (χ4v) is 4.89. The molecule has 7 heteroatoms. The first-order chi connectivity index (χ1) is 17.4. The van der Waals surface area contributed by atoms with Crippen molar-refractivity contribution in [2.45, 2.75) is 33.7 Å². The molecule has 3 aromatic heterocycles. The smallest absolute Gasteiger partial charge is 0.219 e. The van der Waals surface area contributed by atoms with Gasteiger partial charge in [0, 0.05) is 57.6 Å². The molecule has 1 aliphatic heterocycles. The number of hydrogen-bond acceptors (Lipinski definition) is 5. The summed E-state index contributed by atoms with van der Waals surface area (Å²) >= 11 is 0. The number of pyridine rings is 2. The van der Waals surface area contributed by atoms with E-state index in [1.165, 1.54) is 11.1 Å². The highest BCUT2D eigenvalue weighted by Gasteiger charge is 2.22. The summed E-state index contributed by atoms with van der Waals surface area (Å²) in [4.78, 5) is 25.5. The normalized spacial score (nSPS) is 14.6. The van der Waals surface area contributed by atoms with Crippen LogP contribution in [0.25, 0.3) is 28.0 Å². The summed E-state index contributed by atoms with van der Waals surface area (Å²) in [5.74, 6) is 0.124. The third-order valence-corrected chi connectivity index (χ3v) is 7.13. The number of nitrogens with zero attached hydrogens (tertiary/aromatic N) is 6. The maximum absolute atomic E-state index is 11.9. The quantitative estimate of drug-likeness (QED) is 0.428. The molecule has 1 aromatic carbocycles. The number of carbonyl (C=O) groups is 1. The van der Waals surface area contributed by atoms with Crippen LogP contribution in [0.4, 0.5) is 0 Å². The lowest BCUT2D eigenvalue weighted by Gasteiger charge is -2.21. The zero-order valence-corrected chi connectivity index (χ0v) is 21.0. The highest BCUT2D eigenvalue weighted by atomic mass is 16.2. The van der Waals surface area contributed by atoms with Gasteiger partial charge in [-0.2, -0.15) is 5.26 Å². The summed E-state index contributed by atoms with van der Waals surface area (Å²) in [5, 5.41) is 9.73. The van der Waals surface area contributed by atoms with Gasteiger partial charge in [0.2, 0.25) is 5.91 Å². The molecule has 0 N–H and O–H groups in total. The predicted molar refractivity (Wildman–Crippen MR) is 140 cm³/mol. The van der Waals surface area contributed by atoms with Crippen molar-refractivity contribution >= 4 is 11.6 Å². The number of imidazole rings is 1. The molecular weight excluding hydrogens is 448 g/mol. The third kappa shape index (κ3) is 4.60. The molecule has 36 heavy (non-hydrogen) atoms. The zero-order valence-electron chi connectivity index (χ0n) is 21.0. The fourth-order valence-electron chi connectivity index (χ4n) is 4.89. The molecule has 0 aliphatic carbocycles. The van der Waals surface area contributed by atoms with E-state index in [0.29, 0.717) is 18.8 Å². The first-order valence-electron chi connectivity index (χ1n) is 12.4. The minimum absolute atomic E-state index is 0.124. The van der Waals surface area contributed by atoms with Crippen LogP contribution < -0.4 is 0 Å². The van der Waals surface area contributed by atoms with Gasteiger partial charge in [-0.1, -0.05) is 18.2 Å². The molecular formula is C29H30N6O. The first kappa shape index (κ1) is 23.7. The van der Waals surface area contributed by atoms with Crippen LogP contribution in [-0.2, 0) is 11.3 Å². The molecule has 0 atom stereocenters. The van der Waals surface area contributed by atoms with Crippen molar-refractivity contribution in [3.8, 4) is 28.5 Å². The van der Waals surface area contributed by atoms with Crippen molar-refractivity contribution in [1.29, 1.82) is 5.26 Å². The van der Waals surface area contributed by atoms with E-state index in [1.807, 2.05) is 23.1 Å². The van der Waals surface area contributed by atoms with Gasteiger partial charge in [-0.3, -0.25) is 9.69 Å². The molecule has 4 aromatic rings. The second kappa shape index (κ2) is 9.92. The Morgan fingerprint density at radius 2 is 1.86 bits per heavy atom. The standard InChI is InChI=1S/C29H30N6O/c1-20-7-8-23(16-21(20)2)24-9-10-28-32-29(25-6-4-11-31-26(25)17-30)27(35(28)18-24)19-33-12-5-13-34(15-14-33)22(3)36/h4,6-11,16,18H,5,12-15,19H2,1-3H3. The molecule has 182 valence electrons. The van der Waals surface area contributed by atoms with Gasteiger partial charge >= 0.3 is 0 Å². The molecule has 1 aliphatic rings. The molecule has 0 spiro atoms. The van der Waals surface area contributed by atoms with Crippen LogP contribution in [0.5, 0.6) is 0 Å². The number of fused-ring (bicyclic) bond motifs is 1. The number of nitriles is 1. The number of rotatable bonds is 4. The number of aromatic nitrogens is 3. The first-order valence-corrected chi connectivity index (χ1v) is 12.4. The van der Waals surface area contributed by atoms with Crippen molar-refractivity contribution in [2.24, 2.45) is 0 Å². The lowest BCUT2D eigenvalue weighted by atomic mass is 10.0. The molecule has 1 saturated heterocycles.